The van der Waals surface area contributed by atoms with Crippen molar-refractivity contribution in [2.45, 2.75) is 30.8 Å². The van der Waals surface area contributed by atoms with Gasteiger partial charge in [0, 0.05) is 31.0 Å². The highest BCUT2D eigenvalue weighted by Gasteiger charge is 2.25. The number of likely N-dealkylation sites (N-methyl/N-ethyl adjacent to an activating group) is 1. The quantitative estimate of drug-likeness (QED) is 0.693. The number of aromatic amines is 1. The predicted octanol–water partition coefficient (Wildman–Crippen LogP) is 0.107. The van der Waals surface area contributed by atoms with Crippen LogP contribution in [0.2, 0.25) is 0 Å². The molecule has 1 atom stereocenters. The van der Waals surface area contributed by atoms with Crippen LogP contribution in [0.4, 0.5) is 0 Å². The summed E-state index contributed by atoms with van der Waals surface area (Å²) in [7, 11) is -1.41. The Hall–Kier alpha value is -0.890. The van der Waals surface area contributed by atoms with Gasteiger partial charge in [-0.25, -0.2) is 13.1 Å². The molecule has 0 amide bonds. The Morgan fingerprint density at radius 2 is 2.32 bits per heavy atom. The van der Waals surface area contributed by atoms with Gasteiger partial charge in [-0.1, -0.05) is 6.92 Å². The standard InChI is InChI=1S/C12H22N4O2S/c1-3-13-7-11-6-12(8-14-11)19(17,18)15-10-4-5-16(2)9-10/h6,8,10,13-15H,3-5,7,9H2,1-2H3. The molecule has 19 heavy (non-hydrogen) atoms. The van der Waals surface area contributed by atoms with Crippen LogP contribution in [-0.4, -0.2) is 51.0 Å². The van der Waals surface area contributed by atoms with Gasteiger partial charge in [0.1, 0.15) is 0 Å². The van der Waals surface area contributed by atoms with Crippen LogP contribution in [0.25, 0.3) is 0 Å². The number of sulfonamides is 1. The van der Waals surface area contributed by atoms with Gasteiger partial charge in [-0.05, 0) is 32.6 Å². The summed E-state index contributed by atoms with van der Waals surface area (Å²) in [6.07, 6.45) is 2.41. The Kier molecular flexibility index (Phi) is 4.62. The molecule has 1 aromatic heterocycles. The highest BCUT2D eigenvalue weighted by molar-refractivity contribution is 7.89. The molecule has 1 aromatic rings. The molecule has 0 aromatic carbocycles. The van der Waals surface area contributed by atoms with E-state index in [2.05, 4.69) is 19.9 Å². The van der Waals surface area contributed by atoms with Gasteiger partial charge in [0.15, 0.2) is 0 Å². The van der Waals surface area contributed by atoms with Gasteiger partial charge in [-0.2, -0.15) is 0 Å². The molecule has 3 N–H and O–H groups in total. The van der Waals surface area contributed by atoms with Crippen molar-refractivity contribution in [1.29, 1.82) is 0 Å². The van der Waals surface area contributed by atoms with Crippen molar-refractivity contribution in [2.75, 3.05) is 26.7 Å². The van der Waals surface area contributed by atoms with Crippen LogP contribution in [0.3, 0.4) is 0 Å². The van der Waals surface area contributed by atoms with E-state index in [0.29, 0.717) is 11.4 Å². The number of H-pyrrole nitrogens is 1. The first-order chi connectivity index (χ1) is 9.01. The molecule has 0 saturated carbocycles. The first kappa shape index (κ1) is 14.5. The molecule has 0 aliphatic carbocycles. The van der Waals surface area contributed by atoms with E-state index in [1.54, 1.807) is 12.3 Å². The summed E-state index contributed by atoms with van der Waals surface area (Å²) >= 11 is 0. The summed E-state index contributed by atoms with van der Waals surface area (Å²) in [5.41, 5.74) is 0.880. The van der Waals surface area contributed by atoms with Crippen LogP contribution in [0.5, 0.6) is 0 Å². The van der Waals surface area contributed by atoms with Crippen LogP contribution < -0.4 is 10.0 Å². The zero-order valence-electron chi connectivity index (χ0n) is 11.4. The van der Waals surface area contributed by atoms with Gasteiger partial charge in [0.25, 0.3) is 0 Å². The molecule has 1 aliphatic heterocycles. The van der Waals surface area contributed by atoms with Gasteiger partial charge < -0.3 is 15.2 Å². The number of hydrogen-bond acceptors (Lipinski definition) is 4. The summed E-state index contributed by atoms with van der Waals surface area (Å²) < 4.78 is 27.2. The Bertz CT molecular complexity index is 512. The molecule has 0 bridgehead atoms. The third kappa shape index (κ3) is 3.79. The molecular weight excluding hydrogens is 264 g/mol. The van der Waals surface area contributed by atoms with Crippen molar-refractivity contribution in [2.24, 2.45) is 0 Å². The number of nitrogens with zero attached hydrogens (tertiary/aromatic N) is 1. The minimum Gasteiger partial charge on any atom is -0.363 e. The highest BCUT2D eigenvalue weighted by atomic mass is 32.2. The van der Waals surface area contributed by atoms with Gasteiger partial charge in [0.2, 0.25) is 10.0 Å². The van der Waals surface area contributed by atoms with Crippen LogP contribution in [-0.2, 0) is 16.6 Å². The average molecular weight is 286 g/mol. The number of aromatic nitrogens is 1. The van der Waals surface area contributed by atoms with Gasteiger partial charge in [0.05, 0.1) is 4.90 Å². The molecule has 1 fully saturated rings. The Labute approximate surface area is 114 Å². The molecule has 1 aliphatic rings. The predicted molar refractivity (Wildman–Crippen MR) is 74.4 cm³/mol. The van der Waals surface area contributed by atoms with E-state index in [1.165, 1.54) is 0 Å². The van der Waals surface area contributed by atoms with Crippen LogP contribution >= 0.6 is 0 Å². The second kappa shape index (κ2) is 6.04. The third-order valence-electron chi connectivity index (χ3n) is 3.31. The van der Waals surface area contributed by atoms with E-state index < -0.39 is 10.0 Å². The van der Waals surface area contributed by atoms with Crippen molar-refractivity contribution < 1.29 is 8.42 Å². The molecule has 1 saturated heterocycles. The lowest BCUT2D eigenvalue weighted by atomic mass is 10.3. The Balaban J connectivity index is 2.00. The molecule has 2 rings (SSSR count). The summed E-state index contributed by atoms with van der Waals surface area (Å²) in [6.45, 7) is 5.23. The second-order valence-electron chi connectivity index (χ2n) is 5.01. The van der Waals surface area contributed by atoms with E-state index in [1.807, 2.05) is 14.0 Å². The average Bonchev–Trinajstić information content (AvgIpc) is 2.95. The maximum absolute atomic E-state index is 12.2. The van der Waals surface area contributed by atoms with Crippen molar-refractivity contribution in [1.82, 2.24) is 19.9 Å². The fourth-order valence-electron chi connectivity index (χ4n) is 2.25. The van der Waals surface area contributed by atoms with E-state index in [-0.39, 0.29) is 6.04 Å². The summed E-state index contributed by atoms with van der Waals surface area (Å²) in [5.74, 6) is 0. The van der Waals surface area contributed by atoms with Crippen LogP contribution in [0, 0.1) is 0 Å². The zero-order valence-corrected chi connectivity index (χ0v) is 12.3. The lowest BCUT2D eigenvalue weighted by Gasteiger charge is -2.12. The van der Waals surface area contributed by atoms with E-state index >= 15 is 0 Å². The fourth-order valence-corrected chi connectivity index (χ4v) is 3.53. The van der Waals surface area contributed by atoms with Gasteiger partial charge >= 0.3 is 0 Å². The molecule has 0 radical (unpaired) electrons. The molecule has 0 spiro atoms. The Morgan fingerprint density at radius 3 is 2.95 bits per heavy atom. The fraction of sp³-hybridized carbons (Fsp3) is 0.667. The van der Waals surface area contributed by atoms with Crippen LogP contribution in [0.1, 0.15) is 19.0 Å². The topological polar surface area (TPSA) is 77.2 Å². The summed E-state index contributed by atoms with van der Waals surface area (Å²) in [6, 6.07) is 1.70. The lowest BCUT2D eigenvalue weighted by Crippen LogP contribution is -2.36. The largest absolute Gasteiger partial charge is 0.363 e. The SMILES string of the molecule is CCNCc1cc(S(=O)(=O)NC2CCN(C)C2)c[nH]1. The molecule has 108 valence electrons. The molecule has 6 nitrogen and oxygen atoms in total. The van der Waals surface area contributed by atoms with Gasteiger partial charge in [-0.3, -0.25) is 0 Å². The maximum Gasteiger partial charge on any atom is 0.242 e. The third-order valence-corrected chi connectivity index (χ3v) is 4.81. The first-order valence-electron chi connectivity index (χ1n) is 6.60. The van der Waals surface area contributed by atoms with E-state index in [4.69, 9.17) is 0 Å². The van der Waals surface area contributed by atoms with Crippen molar-refractivity contribution in [3.8, 4) is 0 Å². The maximum atomic E-state index is 12.2. The van der Waals surface area contributed by atoms with E-state index in [9.17, 15) is 8.42 Å². The molecule has 7 heteroatoms. The molecule has 1 unspecified atom stereocenters. The monoisotopic (exact) mass is 286 g/mol. The van der Waals surface area contributed by atoms with Crippen molar-refractivity contribution in [3.05, 3.63) is 18.0 Å². The second-order valence-corrected chi connectivity index (χ2v) is 6.72. The normalized spacial score (nSPS) is 21.1. The minimum absolute atomic E-state index is 0.0158. The summed E-state index contributed by atoms with van der Waals surface area (Å²) in [4.78, 5) is 5.43. The number of rotatable bonds is 6. The van der Waals surface area contributed by atoms with Crippen molar-refractivity contribution in [3.63, 3.8) is 0 Å². The number of hydrogen-bond donors (Lipinski definition) is 3. The van der Waals surface area contributed by atoms with E-state index in [0.717, 1.165) is 31.7 Å². The number of likely N-dealkylation sites (tertiary alicyclic amines) is 1. The smallest absolute Gasteiger partial charge is 0.242 e. The molecule has 2 heterocycles. The lowest BCUT2D eigenvalue weighted by molar-refractivity contribution is 0.407. The van der Waals surface area contributed by atoms with Crippen LogP contribution in [0.15, 0.2) is 17.2 Å². The molecular formula is C12H22N4O2S. The van der Waals surface area contributed by atoms with Crippen molar-refractivity contribution >= 4 is 10.0 Å². The van der Waals surface area contributed by atoms with Gasteiger partial charge in [-0.15, -0.1) is 0 Å². The highest BCUT2D eigenvalue weighted by Crippen LogP contribution is 2.14. The number of nitrogens with one attached hydrogen (secondary N) is 3. The first-order valence-corrected chi connectivity index (χ1v) is 8.08. The minimum atomic E-state index is -3.41. The zero-order chi connectivity index (χ0) is 13.9. The Morgan fingerprint density at radius 1 is 1.53 bits per heavy atom. The summed E-state index contributed by atoms with van der Waals surface area (Å²) in [5, 5.41) is 3.16.